The number of aromatic hydroxyl groups is 1. The van der Waals surface area contributed by atoms with Gasteiger partial charge in [-0.05, 0) is 63.1 Å². The number of hydrogen-bond donors (Lipinski definition) is 3. The molecule has 0 radical (unpaired) electrons. The Balaban J connectivity index is 1.72. The summed E-state index contributed by atoms with van der Waals surface area (Å²) in [6.45, 7) is 5.61. The predicted octanol–water partition coefficient (Wildman–Crippen LogP) is 3.43. The van der Waals surface area contributed by atoms with Crippen LogP contribution in [0.3, 0.4) is 0 Å². The molecule has 3 rings (SSSR count). The first-order valence-electron chi connectivity index (χ1n) is 9.55. The highest BCUT2D eigenvalue weighted by Crippen LogP contribution is 2.38. The van der Waals surface area contributed by atoms with Crippen LogP contribution in [0.5, 0.6) is 5.75 Å². The van der Waals surface area contributed by atoms with Gasteiger partial charge in [0.05, 0.1) is 17.4 Å². The van der Waals surface area contributed by atoms with Gasteiger partial charge in [-0.2, -0.15) is 13.2 Å². The number of β-amino-alcohol motifs (C(OH)–C–C–N with tert-alkyl or cyclic N) is 1. The lowest BCUT2D eigenvalue weighted by Crippen LogP contribution is -2.44. The molecule has 1 aliphatic heterocycles. The summed E-state index contributed by atoms with van der Waals surface area (Å²) in [6.07, 6.45) is -2.93. The van der Waals surface area contributed by atoms with Gasteiger partial charge in [-0.25, -0.2) is 0 Å². The van der Waals surface area contributed by atoms with Gasteiger partial charge in [0.25, 0.3) is 0 Å². The first kappa shape index (κ1) is 21.3. The highest BCUT2D eigenvalue weighted by atomic mass is 19.4. The molecule has 0 saturated carbocycles. The van der Waals surface area contributed by atoms with E-state index in [2.05, 4.69) is 20.4 Å². The molecule has 29 heavy (non-hydrogen) atoms. The lowest BCUT2D eigenvalue weighted by atomic mass is 10.0. The number of aryl methyl sites for hydroxylation is 1. The van der Waals surface area contributed by atoms with Crippen LogP contribution in [0.1, 0.15) is 30.9 Å². The maximum Gasteiger partial charge on any atom is 0.416 e. The summed E-state index contributed by atoms with van der Waals surface area (Å²) in [7, 11) is 0. The molecule has 1 saturated heterocycles. The number of phenolic OH excluding ortho intramolecular Hbond substituents is 1. The van der Waals surface area contributed by atoms with Crippen molar-refractivity contribution in [1.82, 2.24) is 15.1 Å². The Morgan fingerprint density at radius 2 is 2.03 bits per heavy atom. The maximum absolute atomic E-state index is 12.9. The van der Waals surface area contributed by atoms with E-state index in [0.717, 1.165) is 32.0 Å². The third-order valence-corrected chi connectivity index (χ3v) is 4.94. The van der Waals surface area contributed by atoms with Crippen LogP contribution >= 0.6 is 0 Å². The first-order chi connectivity index (χ1) is 13.6. The number of likely N-dealkylation sites (tertiary alicyclic amines) is 1. The number of aliphatic hydroxyl groups excluding tert-OH is 1. The highest BCUT2D eigenvalue weighted by molar-refractivity contribution is 5.71. The minimum Gasteiger partial charge on any atom is -0.507 e. The van der Waals surface area contributed by atoms with E-state index < -0.39 is 17.5 Å². The summed E-state index contributed by atoms with van der Waals surface area (Å²) in [5.74, 6) is 0.0788. The quantitative estimate of drug-likeness (QED) is 0.701. The number of rotatable bonds is 5. The van der Waals surface area contributed by atoms with Crippen LogP contribution in [0.25, 0.3) is 11.3 Å². The Hall–Kier alpha value is -2.39. The van der Waals surface area contributed by atoms with Crippen LogP contribution in [0.2, 0.25) is 0 Å². The molecule has 0 unspecified atom stereocenters. The predicted molar refractivity (Wildman–Crippen MR) is 104 cm³/mol. The van der Waals surface area contributed by atoms with Crippen molar-refractivity contribution in [2.24, 2.45) is 0 Å². The summed E-state index contributed by atoms with van der Waals surface area (Å²) in [6, 6.07) is 5.19. The highest BCUT2D eigenvalue weighted by Gasteiger charge is 2.32. The minimum atomic E-state index is -4.53. The number of halogens is 3. The summed E-state index contributed by atoms with van der Waals surface area (Å²) < 4.78 is 38.7. The van der Waals surface area contributed by atoms with E-state index in [0.29, 0.717) is 24.1 Å². The number of nitrogens with zero attached hydrogens (tertiary/aromatic N) is 3. The molecular weight excluding hydrogens is 385 g/mol. The Kier molecular flexibility index (Phi) is 6.28. The number of phenols is 1. The normalized spacial score (nSPS) is 19.2. The molecule has 2 aromatic rings. The smallest absolute Gasteiger partial charge is 0.416 e. The molecule has 0 amide bonds. The molecule has 0 spiro atoms. The molecule has 2 atom stereocenters. The van der Waals surface area contributed by atoms with Crippen LogP contribution in [-0.4, -0.2) is 57.1 Å². The van der Waals surface area contributed by atoms with E-state index in [9.17, 15) is 23.4 Å². The number of aromatic nitrogens is 2. The average Bonchev–Trinajstić information content (AvgIpc) is 2.61. The van der Waals surface area contributed by atoms with Crippen molar-refractivity contribution in [3.63, 3.8) is 0 Å². The van der Waals surface area contributed by atoms with Crippen molar-refractivity contribution in [2.45, 2.75) is 45.0 Å². The first-order valence-corrected chi connectivity index (χ1v) is 9.55. The molecule has 1 fully saturated rings. The number of alkyl halides is 3. The van der Waals surface area contributed by atoms with Crippen LogP contribution in [0.15, 0.2) is 24.3 Å². The molecule has 6 nitrogen and oxygen atoms in total. The summed E-state index contributed by atoms with van der Waals surface area (Å²) in [5, 5.41) is 31.2. The SMILES string of the molecule is Cc1cc(C(F)(F)F)cc(O)c1-c1ccc(N[C@H]2CCCN(C[C@@H](C)O)C2)nn1. The molecule has 158 valence electrons. The van der Waals surface area contributed by atoms with Crippen LogP contribution < -0.4 is 5.32 Å². The van der Waals surface area contributed by atoms with Gasteiger partial charge in [0, 0.05) is 24.7 Å². The lowest BCUT2D eigenvalue weighted by molar-refractivity contribution is -0.137. The average molecular weight is 410 g/mol. The van der Waals surface area contributed by atoms with E-state index in [-0.39, 0.29) is 23.3 Å². The van der Waals surface area contributed by atoms with E-state index in [1.807, 2.05) is 0 Å². The van der Waals surface area contributed by atoms with Crippen LogP contribution in [0, 0.1) is 6.92 Å². The Labute approximate surface area is 167 Å². The van der Waals surface area contributed by atoms with Gasteiger partial charge < -0.3 is 15.5 Å². The lowest BCUT2D eigenvalue weighted by Gasteiger charge is -2.33. The molecule has 0 aliphatic carbocycles. The van der Waals surface area contributed by atoms with Crippen LogP contribution in [-0.2, 0) is 6.18 Å². The largest absolute Gasteiger partial charge is 0.507 e. The van der Waals surface area contributed by atoms with Gasteiger partial charge >= 0.3 is 6.18 Å². The second kappa shape index (κ2) is 8.54. The summed E-state index contributed by atoms with van der Waals surface area (Å²) >= 11 is 0. The third-order valence-electron chi connectivity index (χ3n) is 4.94. The van der Waals surface area contributed by atoms with E-state index in [1.54, 1.807) is 19.1 Å². The molecule has 1 aliphatic rings. The molecule has 0 bridgehead atoms. The van der Waals surface area contributed by atoms with Crippen molar-refractivity contribution in [1.29, 1.82) is 0 Å². The van der Waals surface area contributed by atoms with Crippen molar-refractivity contribution >= 4 is 5.82 Å². The standard InChI is InChI=1S/C20H25F3N4O2/c1-12-8-14(20(21,22)23)9-17(29)19(12)16-5-6-18(26-25-16)24-15-4-3-7-27(11-15)10-13(2)28/h5-6,8-9,13,15,28-29H,3-4,7,10-11H2,1-2H3,(H,24,26)/t13-,15+/m1/s1. The monoisotopic (exact) mass is 410 g/mol. The third kappa shape index (κ3) is 5.36. The van der Waals surface area contributed by atoms with Gasteiger partial charge in [-0.3, -0.25) is 4.90 Å². The van der Waals surface area contributed by atoms with Gasteiger partial charge in [0.1, 0.15) is 11.6 Å². The Morgan fingerprint density at radius 3 is 2.62 bits per heavy atom. The molecule has 3 N–H and O–H groups in total. The zero-order valence-corrected chi connectivity index (χ0v) is 16.4. The Bertz CT molecular complexity index is 818. The van der Waals surface area contributed by atoms with Gasteiger partial charge in [0.2, 0.25) is 0 Å². The van der Waals surface area contributed by atoms with Crippen LogP contribution in [0.4, 0.5) is 19.0 Å². The van der Waals surface area contributed by atoms with Crippen molar-refractivity contribution < 1.29 is 23.4 Å². The fraction of sp³-hybridized carbons (Fsp3) is 0.500. The molecule has 9 heteroatoms. The molecular formula is C20H25F3N4O2. The number of hydrogen-bond acceptors (Lipinski definition) is 6. The van der Waals surface area contributed by atoms with Gasteiger partial charge in [-0.15, -0.1) is 10.2 Å². The maximum atomic E-state index is 12.9. The number of nitrogens with one attached hydrogen (secondary N) is 1. The minimum absolute atomic E-state index is 0.170. The summed E-state index contributed by atoms with van der Waals surface area (Å²) in [4.78, 5) is 2.19. The fourth-order valence-electron chi connectivity index (χ4n) is 3.73. The second-order valence-corrected chi connectivity index (χ2v) is 7.58. The Morgan fingerprint density at radius 1 is 1.28 bits per heavy atom. The van der Waals surface area contributed by atoms with Crippen molar-refractivity contribution in [3.8, 4) is 17.0 Å². The van der Waals surface area contributed by atoms with Gasteiger partial charge in [-0.1, -0.05) is 0 Å². The number of anilines is 1. The molecule has 1 aromatic carbocycles. The van der Waals surface area contributed by atoms with Gasteiger partial charge in [0.15, 0.2) is 0 Å². The van der Waals surface area contributed by atoms with Crippen molar-refractivity contribution in [3.05, 3.63) is 35.4 Å². The topological polar surface area (TPSA) is 81.5 Å². The van der Waals surface area contributed by atoms with Crippen molar-refractivity contribution in [2.75, 3.05) is 25.0 Å². The zero-order chi connectivity index (χ0) is 21.2. The molecule has 1 aromatic heterocycles. The number of aliphatic hydroxyl groups is 1. The zero-order valence-electron chi connectivity index (χ0n) is 16.4. The van der Waals surface area contributed by atoms with E-state index in [4.69, 9.17) is 0 Å². The number of benzene rings is 1. The summed E-state index contributed by atoms with van der Waals surface area (Å²) in [5.41, 5.74) is -0.0913. The van der Waals surface area contributed by atoms with E-state index in [1.165, 1.54) is 6.92 Å². The van der Waals surface area contributed by atoms with E-state index >= 15 is 0 Å². The second-order valence-electron chi connectivity index (χ2n) is 7.58. The molecule has 2 heterocycles. The number of piperidine rings is 1. The fourth-order valence-corrected chi connectivity index (χ4v) is 3.73.